The van der Waals surface area contributed by atoms with Crippen LogP contribution in [0.2, 0.25) is 0 Å². The van der Waals surface area contributed by atoms with Gasteiger partial charge in [-0.3, -0.25) is 0 Å². The van der Waals surface area contributed by atoms with E-state index in [2.05, 4.69) is 5.92 Å². The van der Waals surface area contributed by atoms with Crippen LogP contribution in [0.3, 0.4) is 0 Å². The van der Waals surface area contributed by atoms with E-state index in [9.17, 15) is 4.21 Å². The van der Waals surface area contributed by atoms with Crippen LogP contribution in [0.15, 0.2) is 0 Å². The summed E-state index contributed by atoms with van der Waals surface area (Å²) < 4.78 is 18.1. The van der Waals surface area contributed by atoms with Crippen molar-refractivity contribution >= 4 is 11.1 Å². The fourth-order valence-corrected chi connectivity index (χ4v) is 0.689. The minimum Gasteiger partial charge on any atom is -0.306 e. The molecule has 3 heteroatoms. The van der Waals surface area contributed by atoms with Crippen molar-refractivity contribution in [2.75, 3.05) is 5.75 Å². The third kappa shape index (κ3) is 5.67. The maximum atomic E-state index is 9.92. The summed E-state index contributed by atoms with van der Waals surface area (Å²) in [6, 6.07) is 0. The van der Waals surface area contributed by atoms with Crippen LogP contribution in [0.1, 0.15) is 12.8 Å². The molecule has 0 rings (SSSR count). The normalized spacial score (nSPS) is 12.5. The number of rotatable bonds is 3. The number of terminal acetylenes is 1. The topological polar surface area (TPSA) is 37.3 Å². The predicted octanol–water partition coefficient (Wildman–Crippen LogP) is 0.621. The van der Waals surface area contributed by atoms with E-state index in [0.29, 0.717) is 18.6 Å². The molecule has 1 unspecified atom stereocenters. The van der Waals surface area contributed by atoms with E-state index in [1.165, 1.54) is 0 Å². The molecule has 0 saturated carbocycles. The minimum absolute atomic E-state index is 0.296. The van der Waals surface area contributed by atoms with Gasteiger partial charge < -0.3 is 4.55 Å². The standard InChI is InChI=1S/C5H8O2S/c1-2-3-4-5-8(6)7/h1H,3-5H2,(H,6,7). The molecule has 0 spiro atoms. The summed E-state index contributed by atoms with van der Waals surface area (Å²) >= 11 is -1.66. The minimum atomic E-state index is -1.66. The molecule has 2 nitrogen and oxygen atoms in total. The van der Waals surface area contributed by atoms with Gasteiger partial charge in [0, 0.05) is 6.42 Å². The van der Waals surface area contributed by atoms with Crippen molar-refractivity contribution in [3.8, 4) is 12.3 Å². The summed E-state index contributed by atoms with van der Waals surface area (Å²) in [5, 5.41) is 0. The average Bonchev–Trinajstić information content (AvgIpc) is 1.66. The predicted molar refractivity (Wildman–Crippen MR) is 33.7 cm³/mol. The van der Waals surface area contributed by atoms with Gasteiger partial charge in [0.15, 0.2) is 11.1 Å². The van der Waals surface area contributed by atoms with Gasteiger partial charge in [0.2, 0.25) is 0 Å². The van der Waals surface area contributed by atoms with E-state index >= 15 is 0 Å². The molecule has 1 atom stereocenters. The van der Waals surface area contributed by atoms with Crippen LogP contribution in [0.25, 0.3) is 0 Å². The second-order valence-corrected chi connectivity index (χ2v) is 2.38. The summed E-state index contributed by atoms with van der Waals surface area (Å²) in [5.41, 5.74) is 0. The molecular formula is C5H8O2S. The van der Waals surface area contributed by atoms with Gasteiger partial charge >= 0.3 is 0 Å². The van der Waals surface area contributed by atoms with Crippen LogP contribution in [-0.2, 0) is 11.1 Å². The van der Waals surface area contributed by atoms with Crippen molar-refractivity contribution in [2.45, 2.75) is 12.8 Å². The van der Waals surface area contributed by atoms with Crippen LogP contribution < -0.4 is 0 Å². The second kappa shape index (κ2) is 4.82. The van der Waals surface area contributed by atoms with Crippen LogP contribution in [0, 0.1) is 12.3 Å². The molecule has 0 saturated heterocycles. The van der Waals surface area contributed by atoms with E-state index in [-0.39, 0.29) is 0 Å². The molecule has 0 radical (unpaired) electrons. The Bertz CT molecular complexity index is 114. The van der Waals surface area contributed by atoms with Gasteiger partial charge in [-0.2, -0.15) is 0 Å². The second-order valence-electron chi connectivity index (χ2n) is 1.33. The van der Waals surface area contributed by atoms with Gasteiger partial charge in [0.1, 0.15) is 0 Å². The average molecular weight is 132 g/mol. The summed E-state index contributed by atoms with van der Waals surface area (Å²) in [5.74, 6) is 2.67. The van der Waals surface area contributed by atoms with Crippen molar-refractivity contribution in [1.82, 2.24) is 0 Å². The SMILES string of the molecule is C#CCCCS(=O)O. The van der Waals surface area contributed by atoms with Crippen LogP contribution >= 0.6 is 0 Å². The van der Waals surface area contributed by atoms with Gasteiger partial charge in [-0.15, -0.1) is 12.3 Å². The van der Waals surface area contributed by atoms with E-state index < -0.39 is 11.1 Å². The Morgan fingerprint density at radius 2 is 2.38 bits per heavy atom. The first-order valence-corrected chi connectivity index (χ1v) is 3.56. The zero-order chi connectivity index (χ0) is 6.41. The Hall–Kier alpha value is -0.330. The smallest absolute Gasteiger partial charge is 0.152 e. The molecule has 0 heterocycles. The fourth-order valence-electron chi connectivity index (χ4n) is 0.298. The first-order chi connectivity index (χ1) is 3.77. The molecule has 0 aromatic heterocycles. The van der Waals surface area contributed by atoms with Crippen LogP contribution in [0.4, 0.5) is 0 Å². The zero-order valence-electron chi connectivity index (χ0n) is 4.46. The van der Waals surface area contributed by atoms with Crippen molar-refractivity contribution in [3.05, 3.63) is 0 Å². The molecule has 8 heavy (non-hydrogen) atoms. The Morgan fingerprint density at radius 3 is 2.75 bits per heavy atom. The molecule has 0 fully saturated rings. The molecule has 0 aromatic carbocycles. The molecule has 0 aliphatic heterocycles. The zero-order valence-corrected chi connectivity index (χ0v) is 5.28. The Balaban J connectivity index is 2.97. The van der Waals surface area contributed by atoms with Gasteiger partial charge in [-0.1, -0.05) is 0 Å². The van der Waals surface area contributed by atoms with Gasteiger partial charge in [0.05, 0.1) is 5.75 Å². The quantitative estimate of drug-likeness (QED) is 0.347. The summed E-state index contributed by atoms with van der Waals surface area (Å²) in [7, 11) is 0. The highest BCUT2D eigenvalue weighted by Crippen LogP contribution is 1.86. The van der Waals surface area contributed by atoms with Crippen molar-refractivity contribution in [2.24, 2.45) is 0 Å². The largest absolute Gasteiger partial charge is 0.306 e. The lowest BCUT2D eigenvalue weighted by Gasteiger charge is -1.86. The summed E-state index contributed by atoms with van der Waals surface area (Å²) in [6.07, 6.45) is 6.11. The molecule has 0 aliphatic rings. The maximum absolute atomic E-state index is 9.92. The van der Waals surface area contributed by atoms with Crippen molar-refractivity contribution < 1.29 is 8.76 Å². The lowest BCUT2D eigenvalue weighted by Crippen LogP contribution is -1.92. The number of hydrogen-bond acceptors (Lipinski definition) is 1. The highest BCUT2D eigenvalue weighted by molar-refractivity contribution is 7.79. The number of hydrogen-bond donors (Lipinski definition) is 1. The monoisotopic (exact) mass is 132 g/mol. The lowest BCUT2D eigenvalue weighted by molar-refractivity contribution is 0.562. The van der Waals surface area contributed by atoms with Crippen LogP contribution in [-0.4, -0.2) is 14.5 Å². The lowest BCUT2D eigenvalue weighted by atomic mass is 10.4. The first-order valence-electron chi connectivity index (χ1n) is 2.28. The fraction of sp³-hybridized carbons (Fsp3) is 0.600. The van der Waals surface area contributed by atoms with E-state index in [4.69, 9.17) is 11.0 Å². The van der Waals surface area contributed by atoms with Gasteiger partial charge in [-0.25, -0.2) is 4.21 Å². The van der Waals surface area contributed by atoms with Gasteiger partial charge in [-0.05, 0) is 6.42 Å². The molecular weight excluding hydrogens is 124 g/mol. The third-order valence-corrected chi connectivity index (χ3v) is 1.28. The highest BCUT2D eigenvalue weighted by atomic mass is 32.2. The molecule has 0 aliphatic carbocycles. The van der Waals surface area contributed by atoms with Crippen molar-refractivity contribution in [3.63, 3.8) is 0 Å². The highest BCUT2D eigenvalue weighted by Gasteiger charge is 1.89. The van der Waals surface area contributed by atoms with Crippen molar-refractivity contribution in [1.29, 1.82) is 0 Å². The first kappa shape index (κ1) is 7.67. The van der Waals surface area contributed by atoms with Crippen LogP contribution in [0.5, 0.6) is 0 Å². The Labute approximate surface area is 51.6 Å². The van der Waals surface area contributed by atoms with E-state index in [1.807, 2.05) is 0 Å². The maximum Gasteiger partial charge on any atom is 0.152 e. The Morgan fingerprint density at radius 1 is 1.75 bits per heavy atom. The number of unbranched alkanes of at least 4 members (excludes halogenated alkanes) is 1. The molecule has 46 valence electrons. The summed E-state index contributed by atoms with van der Waals surface area (Å²) in [4.78, 5) is 0. The third-order valence-electron chi connectivity index (χ3n) is 0.640. The summed E-state index contributed by atoms with van der Waals surface area (Å²) in [6.45, 7) is 0. The van der Waals surface area contributed by atoms with E-state index in [0.717, 1.165) is 0 Å². The van der Waals surface area contributed by atoms with E-state index in [1.54, 1.807) is 0 Å². The Kier molecular flexibility index (Phi) is 4.62. The molecule has 0 aromatic rings. The molecule has 0 amide bonds. The molecule has 1 N–H and O–H groups in total. The van der Waals surface area contributed by atoms with Gasteiger partial charge in [0.25, 0.3) is 0 Å². The molecule has 0 bridgehead atoms.